The molecule has 0 aromatic rings. The second-order valence-corrected chi connectivity index (χ2v) is 2.08. The predicted octanol–water partition coefficient (Wildman–Crippen LogP) is 0.821. The molecule has 0 fully saturated rings. The summed E-state index contributed by atoms with van der Waals surface area (Å²) >= 11 is 0. The van der Waals surface area contributed by atoms with Gasteiger partial charge in [0.05, 0.1) is 14.2 Å². The molecule has 0 spiro atoms. The molecule has 0 unspecified atom stereocenters. The van der Waals surface area contributed by atoms with Crippen molar-refractivity contribution in [3.8, 4) is 0 Å². The Hall–Kier alpha value is -1.53. The largest absolute Gasteiger partial charge is 0.465 e. The minimum absolute atomic E-state index is 0.468. The zero-order valence-electron chi connectivity index (χ0n) is 7.34. The zero-order valence-corrected chi connectivity index (χ0v) is 7.34. The number of hydrogen-bond acceptors (Lipinski definition) is 4. The van der Waals surface area contributed by atoms with Gasteiger partial charge in [0.2, 0.25) is 0 Å². The molecule has 0 rings (SSSR count). The van der Waals surface area contributed by atoms with E-state index in [1.165, 1.54) is 0 Å². The number of ether oxygens (including phenoxy) is 2. The number of rotatable bonds is 2. The Bertz CT molecular complexity index is 249. The second-order valence-electron chi connectivity index (χ2n) is 2.08. The Balaban J connectivity index is 5.01. The molecular formula is C7H7F3O4. The van der Waals surface area contributed by atoms with E-state index < -0.39 is 29.8 Å². The van der Waals surface area contributed by atoms with Gasteiger partial charge in [-0.3, -0.25) is 0 Å². The van der Waals surface area contributed by atoms with E-state index in [1.807, 2.05) is 0 Å². The Kier molecular flexibility index (Phi) is 4.13. The number of hydrogen-bond donors (Lipinski definition) is 0. The van der Waals surface area contributed by atoms with Crippen LogP contribution in [0.15, 0.2) is 11.6 Å². The van der Waals surface area contributed by atoms with Gasteiger partial charge in [-0.05, 0) is 0 Å². The highest BCUT2D eigenvalue weighted by Gasteiger charge is 2.31. The first-order valence-corrected chi connectivity index (χ1v) is 3.28. The molecule has 0 saturated carbocycles. The van der Waals surface area contributed by atoms with Gasteiger partial charge in [0, 0.05) is 6.08 Å². The molecule has 0 N–H and O–H groups in total. The fourth-order valence-electron chi connectivity index (χ4n) is 0.585. The molecule has 0 bridgehead atoms. The lowest BCUT2D eigenvalue weighted by Crippen LogP contribution is -2.19. The molecule has 0 radical (unpaired) electrons. The van der Waals surface area contributed by atoms with Crippen LogP contribution in [0.4, 0.5) is 13.2 Å². The quantitative estimate of drug-likeness (QED) is 0.294. The van der Waals surface area contributed by atoms with Crippen molar-refractivity contribution < 1.29 is 32.2 Å². The number of carbonyl (C=O) groups is 2. The molecule has 0 aromatic carbocycles. The summed E-state index contributed by atoms with van der Waals surface area (Å²) in [4.78, 5) is 21.4. The predicted molar refractivity (Wildman–Crippen MR) is 38.2 cm³/mol. The normalized spacial score (nSPS) is 10.4. The van der Waals surface area contributed by atoms with Crippen molar-refractivity contribution in [3.63, 3.8) is 0 Å². The fourth-order valence-corrected chi connectivity index (χ4v) is 0.585. The highest BCUT2D eigenvalue weighted by atomic mass is 19.4. The second kappa shape index (κ2) is 4.64. The molecule has 7 heteroatoms. The topological polar surface area (TPSA) is 52.6 Å². The van der Waals surface area contributed by atoms with E-state index in [4.69, 9.17) is 0 Å². The lowest BCUT2D eigenvalue weighted by molar-refractivity contribution is -0.145. The first-order valence-electron chi connectivity index (χ1n) is 3.28. The van der Waals surface area contributed by atoms with Crippen LogP contribution >= 0.6 is 0 Å². The molecule has 14 heavy (non-hydrogen) atoms. The maximum absolute atomic E-state index is 11.8. The van der Waals surface area contributed by atoms with Crippen molar-refractivity contribution in [2.45, 2.75) is 6.18 Å². The molecular weight excluding hydrogens is 205 g/mol. The third-order valence-corrected chi connectivity index (χ3v) is 1.12. The summed E-state index contributed by atoms with van der Waals surface area (Å²) in [6.45, 7) is 0. The van der Waals surface area contributed by atoms with Gasteiger partial charge in [0.25, 0.3) is 0 Å². The van der Waals surface area contributed by atoms with Crippen LogP contribution in [0.25, 0.3) is 0 Å². The summed E-state index contributed by atoms with van der Waals surface area (Å²) in [6, 6.07) is 0. The Labute approximate surface area is 77.3 Å². The van der Waals surface area contributed by atoms with Crippen molar-refractivity contribution in [1.29, 1.82) is 0 Å². The van der Waals surface area contributed by atoms with Crippen molar-refractivity contribution >= 4 is 11.9 Å². The summed E-state index contributed by atoms with van der Waals surface area (Å²) in [5.74, 6) is -2.79. The van der Waals surface area contributed by atoms with Crippen LogP contribution in [0.1, 0.15) is 0 Å². The first kappa shape index (κ1) is 12.5. The molecule has 0 heterocycles. The first-order chi connectivity index (χ1) is 6.31. The summed E-state index contributed by atoms with van der Waals surface area (Å²) in [7, 11) is 1.71. The molecule has 4 nitrogen and oxygen atoms in total. The van der Waals surface area contributed by atoms with E-state index in [0.717, 1.165) is 14.2 Å². The fraction of sp³-hybridized carbons (Fsp3) is 0.429. The highest BCUT2D eigenvalue weighted by molar-refractivity contribution is 6.14. The van der Waals surface area contributed by atoms with E-state index in [9.17, 15) is 22.8 Å². The van der Waals surface area contributed by atoms with Crippen LogP contribution in [0.5, 0.6) is 0 Å². The van der Waals surface area contributed by atoms with Gasteiger partial charge in [-0.1, -0.05) is 0 Å². The summed E-state index contributed by atoms with van der Waals surface area (Å²) in [5, 5.41) is 0. The lowest BCUT2D eigenvalue weighted by atomic mass is 10.2. The minimum Gasteiger partial charge on any atom is -0.465 e. The van der Waals surface area contributed by atoms with Crippen LogP contribution in [0.3, 0.4) is 0 Å². The van der Waals surface area contributed by atoms with Crippen LogP contribution in [-0.2, 0) is 19.1 Å². The molecule has 0 saturated heterocycles. The number of esters is 2. The van der Waals surface area contributed by atoms with Gasteiger partial charge >= 0.3 is 18.1 Å². The van der Waals surface area contributed by atoms with Crippen molar-refractivity contribution in [2.75, 3.05) is 14.2 Å². The zero-order chi connectivity index (χ0) is 11.4. The molecule has 0 aliphatic rings. The summed E-state index contributed by atoms with van der Waals surface area (Å²) < 4.78 is 43.4. The SMILES string of the molecule is COC(=O)C(=CC(F)(F)F)C(=O)OC. The molecule has 0 atom stereocenters. The van der Waals surface area contributed by atoms with E-state index in [1.54, 1.807) is 0 Å². The number of allylic oxidation sites excluding steroid dienone is 1. The van der Waals surface area contributed by atoms with Crippen molar-refractivity contribution in [1.82, 2.24) is 0 Å². The third-order valence-electron chi connectivity index (χ3n) is 1.12. The molecule has 0 aliphatic heterocycles. The Morgan fingerprint density at radius 2 is 1.43 bits per heavy atom. The maximum Gasteiger partial charge on any atom is 0.410 e. The van der Waals surface area contributed by atoms with Crippen LogP contribution in [0.2, 0.25) is 0 Å². The van der Waals surface area contributed by atoms with Crippen LogP contribution in [0, 0.1) is 0 Å². The van der Waals surface area contributed by atoms with Crippen molar-refractivity contribution in [3.05, 3.63) is 11.6 Å². The monoisotopic (exact) mass is 212 g/mol. The van der Waals surface area contributed by atoms with E-state index in [0.29, 0.717) is 0 Å². The highest BCUT2D eigenvalue weighted by Crippen LogP contribution is 2.19. The van der Waals surface area contributed by atoms with E-state index in [-0.39, 0.29) is 0 Å². The van der Waals surface area contributed by atoms with Gasteiger partial charge in [0.15, 0.2) is 0 Å². The maximum atomic E-state index is 11.8. The number of carbonyl (C=O) groups excluding carboxylic acids is 2. The smallest absolute Gasteiger partial charge is 0.410 e. The number of alkyl halides is 3. The summed E-state index contributed by atoms with van der Waals surface area (Å²) in [5.41, 5.74) is -1.19. The third kappa shape index (κ3) is 3.92. The standard InChI is InChI=1S/C7H7F3O4/c1-13-5(11)4(6(12)14-2)3-7(8,9)10/h3H,1-2H3. The average molecular weight is 212 g/mol. The summed E-state index contributed by atoms with van der Waals surface area (Å²) in [6.07, 6.45) is -5.25. The van der Waals surface area contributed by atoms with Crippen LogP contribution in [-0.4, -0.2) is 32.3 Å². The number of halogens is 3. The van der Waals surface area contributed by atoms with Gasteiger partial charge in [-0.15, -0.1) is 0 Å². The molecule has 0 aromatic heterocycles. The Morgan fingerprint density at radius 3 is 1.64 bits per heavy atom. The van der Waals surface area contributed by atoms with Crippen molar-refractivity contribution in [2.24, 2.45) is 0 Å². The van der Waals surface area contributed by atoms with Gasteiger partial charge < -0.3 is 9.47 Å². The molecule has 80 valence electrons. The van der Waals surface area contributed by atoms with Gasteiger partial charge in [0.1, 0.15) is 5.57 Å². The lowest BCUT2D eigenvalue weighted by Gasteiger charge is -2.04. The minimum atomic E-state index is -4.78. The average Bonchev–Trinajstić information content (AvgIpc) is 2.10. The van der Waals surface area contributed by atoms with E-state index in [2.05, 4.69) is 9.47 Å². The Morgan fingerprint density at radius 1 is 1.07 bits per heavy atom. The number of methoxy groups -OCH3 is 2. The molecule has 0 amide bonds. The van der Waals surface area contributed by atoms with E-state index >= 15 is 0 Å². The van der Waals surface area contributed by atoms with Gasteiger partial charge in [-0.25, -0.2) is 9.59 Å². The molecule has 0 aliphatic carbocycles. The van der Waals surface area contributed by atoms with Gasteiger partial charge in [-0.2, -0.15) is 13.2 Å². The van der Waals surface area contributed by atoms with Crippen LogP contribution < -0.4 is 0 Å².